The van der Waals surface area contributed by atoms with E-state index in [1.807, 2.05) is 30.3 Å². The van der Waals surface area contributed by atoms with E-state index in [4.69, 9.17) is 4.74 Å². The molecule has 3 rings (SSSR count). The molecule has 0 aliphatic carbocycles. The summed E-state index contributed by atoms with van der Waals surface area (Å²) in [6.07, 6.45) is 5.66. The summed E-state index contributed by atoms with van der Waals surface area (Å²) in [5.74, 6) is 0.932. The number of fused-ring (bicyclic) bond motifs is 1. The monoisotopic (exact) mass is 253 g/mol. The first-order valence-corrected chi connectivity index (χ1v) is 6.51. The molecule has 0 radical (unpaired) electrons. The van der Waals surface area contributed by atoms with Crippen LogP contribution in [0.3, 0.4) is 0 Å². The predicted molar refractivity (Wildman–Crippen MR) is 72.5 cm³/mol. The third-order valence-corrected chi connectivity index (χ3v) is 3.38. The van der Waals surface area contributed by atoms with Crippen molar-refractivity contribution in [3.8, 4) is 5.75 Å². The molecule has 2 aromatic rings. The molecule has 2 heterocycles. The highest BCUT2D eigenvalue weighted by Gasteiger charge is 2.19. The zero-order chi connectivity index (χ0) is 13.1. The van der Waals surface area contributed by atoms with Gasteiger partial charge in [0.2, 0.25) is 0 Å². The third-order valence-electron chi connectivity index (χ3n) is 3.38. The zero-order valence-electron chi connectivity index (χ0n) is 10.6. The van der Waals surface area contributed by atoms with Crippen molar-refractivity contribution in [2.24, 2.45) is 0 Å². The molecule has 19 heavy (non-hydrogen) atoms. The normalized spacial score (nSPS) is 12.8. The summed E-state index contributed by atoms with van der Waals surface area (Å²) in [5, 5.41) is 0. The quantitative estimate of drug-likeness (QED) is 0.786. The van der Waals surface area contributed by atoms with Gasteiger partial charge in [0.25, 0.3) is 0 Å². The van der Waals surface area contributed by atoms with Gasteiger partial charge in [-0.2, -0.15) is 0 Å². The van der Waals surface area contributed by atoms with Gasteiger partial charge in [-0.25, -0.2) is 0 Å². The van der Waals surface area contributed by atoms with Gasteiger partial charge in [-0.15, -0.1) is 0 Å². The minimum Gasteiger partial charge on any atom is -0.492 e. The maximum Gasteiger partial charge on any atom is 0.166 e. The van der Waals surface area contributed by atoms with E-state index >= 15 is 0 Å². The number of ether oxygens (including phenoxy) is 1. The lowest BCUT2D eigenvalue weighted by atomic mass is 10.0. The molecule has 0 saturated carbocycles. The van der Waals surface area contributed by atoms with Crippen LogP contribution in [0.1, 0.15) is 27.9 Å². The molecule has 0 amide bonds. The van der Waals surface area contributed by atoms with Crippen molar-refractivity contribution in [1.82, 2.24) is 4.98 Å². The van der Waals surface area contributed by atoms with Gasteiger partial charge < -0.3 is 4.74 Å². The van der Waals surface area contributed by atoms with Gasteiger partial charge in [0.1, 0.15) is 5.75 Å². The molecule has 96 valence electrons. The van der Waals surface area contributed by atoms with Crippen molar-refractivity contribution >= 4 is 5.78 Å². The number of para-hydroxylation sites is 1. The van der Waals surface area contributed by atoms with E-state index in [1.54, 1.807) is 12.4 Å². The summed E-state index contributed by atoms with van der Waals surface area (Å²) in [6.45, 7) is 0.683. The van der Waals surface area contributed by atoms with Crippen LogP contribution >= 0.6 is 0 Å². The number of pyridine rings is 1. The molecule has 1 aliphatic rings. The summed E-state index contributed by atoms with van der Waals surface area (Å²) in [5.41, 5.74) is 2.95. The maximum atomic E-state index is 12.3. The number of aromatic nitrogens is 1. The first kappa shape index (κ1) is 11.9. The second-order valence-electron chi connectivity index (χ2n) is 4.68. The number of aryl methyl sites for hydroxylation is 1. The second kappa shape index (κ2) is 5.22. The fourth-order valence-electron chi connectivity index (χ4n) is 2.37. The lowest BCUT2D eigenvalue weighted by molar-refractivity contribution is 0.0979. The number of benzene rings is 1. The Kier molecular flexibility index (Phi) is 3.27. The Morgan fingerprint density at radius 3 is 3.05 bits per heavy atom. The Balaban J connectivity index is 1.73. The molecule has 1 aliphatic heterocycles. The van der Waals surface area contributed by atoms with E-state index < -0.39 is 0 Å². The van der Waals surface area contributed by atoms with E-state index in [0.29, 0.717) is 13.0 Å². The van der Waals surface area contributed by atoms with Gasteiger partial charge >= 0.3 is 0 Å². The van der Waals surface area contributed by atoms with Gasteiger partial charge in [-0.1, -0.05) is 18.2 Å². The number of carbonyl (C=O) groups is 1. The van der Waals surface area contributed by atoms with Crippen LogP contribution in [-0.2, 0) is 12.8 Å². The summed E-state index contributed by atoms with van der Waals surface area (Å²) < 4.78 is 5.57. The molecule has 0 spiro atoms. The summed E-state index contributed by atoms with van der Waals surface area (Å²) in [4.78, 5) is 16.3. The fourth-order valence-corrected chi connectivity index (χ4v) is 2.37. The maximum absolute atomic E-state index is 12.3. The molecular weight excluding hydrogens is 238 g/mol. The van der Waals surface area contributed by atoms with Gasteiger partial charge in [0.15, 0.2) is 5.78 Å². The van der Waals surface area contributed by atoms with Crippen molar-refractivity contribution in [2.45, 2.75) is 19.3 Å². The number of nitrogens with zero attached hydrogens (tertiary/aromatic N) is 1. The van der Waals surface area contributed by atoms with Gasteiger partial charge in [-0.3, -0.25) is 9.78 Å². The van der Waals surface area contributed by atoms with Crippen LogP contribution in [0.25, 0.3) is 0 Å². The Morgan fingerprint density at radius 2 is 2.21 bits per heavy atom. The topological polar surface area (TPSA) is 39.2 Å². The van der Waals surface area contributed by atoms with Crippen LogP contribution in [0.4, 0.5) is 0 Å². The Bertz CT molecular complexity index is 593. The molecule has 3 nitrogen and oxygen atoms in total. The van der Waals surface area contributed by atoms with Crippen LogP contribution in [0.5, 0.6) is 5.75 Å². The number of rotatable bonds is 4. The molecular formula is C16H15NO2. The Hall–Kier alpha value is -2.16. The molecule has 0 atom stereocenters. The highest BCUT2D eigenvalue weighted by atomic mass is 16.5. The van der Waals surface area contributed by atoms with Crippen molar-refractivity contribution in [3.63, 3.8) is 0 Å². The number of hydrogen-bond acceptors (Lipinski definition) is 3. The van der Waals surface area contributed by atoms with Gasteiger partial charge in [-0.05, 0) is 29.7 Å². The molecule has 1 aromatic carbocycles. The van der Waals surface area contributed by atoms with Crippen molar-refractivity contribution in [1.29, 1.82) is 0 Å². The molecule has 0 unspecified atom stereocenters. The summed E-state index contributed by atoms with van der Waals surface area (Å²) >= 11 is 0. The number of Topliss-reactive ketones (excluding diaryl/α,β-unsaturated/α-hetero) is 1. The smallest absolute Gasteiger partial charge is 0.166 e. The van der Waals surface area contributed by atoms with Gasteiger partial charge in [0.05, 0.1) is 12.2 Å². The van der Waals surface area contributed by atoms with Crippen molar-refractivity contribution < 1.29 is 9.53 Å². The molecule has 0 bridgehead atoms. The van der Waals surface area contributed by atoms with E-state index in [2.05, 4.69) is 4.98 Å². The Labute approximate surface area is 112 Å². The minimum atomic E-state index is 0.141. The average Bonchev–Trinajstić information content (AvgIpc) is 2.94. The fraction of sp³-hybridized carbons (Fsp3) is 0.250. The summed E-state index contributed by atoms with van der Waals surface area (Å²) in [7, 11) is 0. The van der Waals surface area contributed by atoms with Gasteiger partial charge in [0, 0.05) is 25.2 Å². The largest absolute Gasteiger partial charge is 0.492 e. The van der Waals surface area contributed by atoms with E-state index in [0.717, 1.165) is 35.3 Å². The SMILES string of the molecule is O=C(CCc1cccnc1)c1cccc2c1OCC2. The first-order chi connectivity index (χ1) is 9.34. The molecule has 3 heteroatoms. The number of carbonyl (C=O) groups excluding carboxylic acids is 1. The van der Waals surface area contributed by atoms with Crippen molar-refractivity contribution in [3.05, 3.63) is 59.4 Å². The summed E-state index contributed by atoms with van der Waals surface area (Å²) in [6, 6.07) is 9.70. The van der Waals surface area contributed by atoms with E-state index in [9.17, 15) is 4.79 Å². The molecule has 0 saturated heterocycles. The number of ketones is 1. The molecule has 0 fully saturated rings. The van der Waals surface area contributed by atoms with Crippen LogP contribution < -0.4 is 4.74 Å². The highest BCUT2D eigenvalue weighted by molar-refractivity contribution is 5.99. The predicted octanol–water partition coefficient (Wildman–Crippen LogP) is 2.83. The van der Waals surface area contributed by atoms with Crippen LogP contribution in [0.2, 0.25) is 0 Å². The second-order valence-corrected chi connectivity index (χ2v) is 4.68. The van der Waals surface area contributed by atoms with Crippen LogP contribution in [0, 0.1) is 0 Å². The molecule has 0 N–H and O–H groups in total. The Morgan fingerprint density at radius 1 is 1.26 bits per heavy atom. The lowest BCUT2D eigenvalue weighted by Crippen LogP contribution is -2.03. The highest BCUT2D eigenvalue weighted by Crippen LogP contribution is 2.30. The van der Waals surface area contributed by atoms with E-state index in [1.165, 1.54) is 0 Å². The first-order valence-electron chi connectivity index (χ1n) is 6.51. The zero-order valence-corrected chi connectivity index (χ0v) is 10.6. The van der Waals surface area contributed by atoms with E-state index in [-0.39, 0.29) is 5.78 Å². The standard InChI is InChI=1S/C16H15NO2/c18-15(7-6-12-3-2-9-17-11-12)14-5-1-4-13-8-10-19-16(13)14/h1-5,9,11H,6-8,10H2. The lowest BCUT2D eigenvalue weighted by Gasteiger charge is -2.07. The van der Waals surface area contributed by atoms with Crippen LogP contribution in [0.15, 0.2) is 42.7 Å². The van der Waals surface area contributed by atoms with Crippen molar-refractivity contribution in [2.75, 3.05) is 6.61 Å². The molecule has 1 aromatic heterocycles. The minimum absolute atomic E-state index is 0.141. The number of hydrogen-bond donors (Lipinski definition) is 0. The third kappa shape index (κ3) is 2.50. The van der Waals surface area contributed by atoms with Crippen LogP contribution in [-0.4, -0.2) is 17.4 Å². The average molecular weight is 253 g/mol.